The zero-order chi connectivity index (χ0) is 24.5. The predicted octanol–water partition coefficient (Wildman–Crippen LogP) is 11.1. The summed E-state index contributed by atoms with van der Waals surface area (Å²) in [6.07, 6.45) is 0. The Morgan fingerprint density at radius 1 is 0.350 bits per heavy atom. The molecule has 0 nitrogen and oxygen atoms in total. The molecule has 40 heavy (non-hydrogen) atoms. The van der Waals surface area contributed by atoms with E-state index in [2.05, 4.69) is 140 Å². The number of hydrogen-bond donors (Lipinski definition) is 0. The number of hydrogen-bond acceptors (Lipinski definition) is 0. The van der Waals surface area contributed by atoms with Crippen LogP contribution in [0.2, 0.25) is 0 Å². The number of benzene rings is 6. The zero-order valence-electron chi connectivity index (χ0n) is 22.5. The SMILES string of the molecule is Cl.Cl.[CH3-].[CH3-].[Si]=[Zr].c1ccc2c(c1)c1ccccc1c1[cH-]ccc21.c1ccc2c(c1)c1ccccc1c1[cH-]ccc21. The van der Waals surface area contributed by atoms with Gasteiger partial charge in [-0.05, 0) is 10.8 Å². The summed E-state index contributed by atoms with van der Waals surface area (Å²) in [5, 5.41) is 16.2. The summed E-state index contributed by atoms with van der Waals surface area (Å²) in [6, 6.07) is 47.8. The normalized spacial score (nSPS) is 9.88. The monoisotopic (exact) mass is 650 g/mol. The summed E-state index contributed by atoms with van der Waals surface area (Å²) < 4.78 is 0. The summed E-state index contributed by atoms with van der Waals surface area (Å²) in [7, 11) is 0. The second-order valence-electron chi connectivity index (χ2n) is 8.89. The van der Waals surface area contributed by atoms with Crippen molar-refractivity contribution in [2.45, 2.75) is 0 Å². The van der Waals surface area contributed by atoms with Gasteiger partial charge in [0.25, 0.3) is 0 Å². The third kappa shape index (κ3) is 5.69. The summed E-state index contributed by atoms with van der Waals surface area (Å²) in [5.74, 6) is 0. The van der Waals surface area contributed by atoms with Crippen molar-refractivity contribution in [3.63, 3.8) is 0 Å². The van der Waals surface area contributed by atoms with Crippen molar-refractivity contribution >= 4 is 96.3 Å². The molecule has 0 spiro atoms. The summed E-state index contributed by atoms with van der Waals surface area (Å²) in [5.41, 5.74) is 0. The van der Waals surface area contributed by atoms with E-state index in [4.69, 9.17) is 0 Å². The zero-order valence-corrected chi connectivity index (χ0v) is 27.6. The first-order valence-electron chi connectivity index (χ1n) is 12.0. The van der Waals surface area contributed by atoms with Gasteiger partial charge in [-0.2, -0.15) is 24.3 Å². The Morgan fingerprint density at radius 3 is 0.825 bits per heavy atom. The largest absolute Gasteiger partial charge is 0.168 e. The van der Waals surface area contributed by atoms with Gasteiger partial charge in [0.15, 0.2) is 0 Å². The summed E-state index contributed by atoms with van der Waals surface area (Å²) >= 11 is 1.36. The number of rotatable bonds is 0. The molecule has 0 aliphatic carbocycles. The molecular formula is C36H30Cl2SiZr-4. The summed E-state index contributed by atoms with van der Waals surface area (Å²) in [4.78, 5) is 0. The second-order valence-corrected chi connectivity index (χ2v) is 8.89. The van der Waals surface area contributed by atoms with Crippen LogP contribution < -0.4 is 0 Å². The van der Waals surface area contributed by atoms with Crippen molar-refractivity contribution in [2.24, 2.45) is 0 Å². The topological polar surface area (TPSA) is 0 Å². The molecule has 8 aromatic rings. The molecule has 0 N–H and O–H groups in total. The third-order valence-electron chi connectivity index (χ3n) is 7.08. The summed E-state index contributed by atoms with van der Waals surface area (Å²) in [6.45, 7) is 3.06. The van der Waals surface area contributed by atoms with Crippen LogP contribution in [0.25, 0.3) is 64.6 Å². The molecule has 0 aliphatic rings. The Bertz CT molecular complexity index is 1720. The van der Waals surface area contributed by atoms with E-state index in [1.165, 1.54) is 88.0 Å². The molecule has 0 bridgehead atoms. The maximum atomic E-state index is 3.06. The molecule has 0 aliphatic heterocycles. The Kier molecular flexibility index (Phi) is 12.4. The molecule has 4 heteroatoms. The van der Waals surface area contributed by atoms with Gasteiger partial charge in [-0.25, -0.2) is 0 Å². The Hall–Kier alpha value is -2.74. The van der Waals surface area contributed by atoms with E-state index in [1.54, 1.807) is 0 Å². The minimum absolute atomic E-state index is 0. The molecule has 0 amide bonds. The van der Waals surface area contributed by atoms with Crippen molar-refractivity contribution in [2.75, 3.05) is 0 Å². The third-order valence-corrected chi connectivity index (χ3v) is 7.08. The van der Waals surface area contributed by atoms with Gasteiger partial charge in [0.1, 0.15) is 0 Å². The van der Waals surface area contributed by atoms with Crippen LogP contribution in [0.3, 0.4) is 0 Å². The number of fused-ring (bicyclic) bond motifs is 12. The van der Waals surface area contributed by atoms with Crippen LogP contribution in [-0.2, 0) is 23.3 Å². The maximum absolute atomic E-state index is 3.06. The smallest absolute Gasteiger partial charge is 0.0293 e. The van der Waals surface area contributed by atoms with Crippen molar-refractivity contribution < 1.29 is 23.3 Å². The van der Waals surface area contributed by atoms with Crippen molar-refractivity contribution in [3.05, 3.63) is 148 Å². The predicted molar refractivity (Wildman–Crippen MR) is 182 cm³/mol. The molecule has 0 fully saturated rings. The van der Waals surface area contributed by atoms with E-state index in [0.29, 0.717) is 0 Å². The van der Waals surface area contributed by atoms with Crippen LogP contribution in [0.5, 0.6) is 0 Å². The van der Waals surface area contributed by atoms with Gasteiger partial charge in [-0.3, -0.25) is 0 Å². The van der Waals surface area contributed by atoms with Crippen LogP contribution in [0, 0.1) is 14.9 Å². The number of halogens is 2. The quantitative estimate of drug-likeness (QED) is 0.0869. The Morgan fingerprint density at radius 2 is 0.550 bits per heavy atom. The molecule has 0 unspecified atom stereocenters. The first kappa shape index (κ1) is 33.5. The average molecular weight is 653 g/mol. The van der Waals surface area contributed by atoms with Crippen LogP contribution in [-0.4, -0.2) is 6.88 Å². The first-order valence-corrected chi connectivity index (χ1v) is 16.2. The van der Waals surface area contributed by atoms with E-state index < -0.39 is 0 Å². The second kappa shape index (κ2) is 14.8. The van der Waals surface area contributed by atoms with E-state index in [1.807, 2.05) is 0 Å². The van der Waals surface area contributed by atoms with Gasteiger partial charge in [0.05, 0.1) is 0 Å². The molecule has 2 radical (unpaired) electrons. The van der Waals surface area contributed by atoms with E-state index >= 15 is 0 Å². The molecule has 8 aromatic carbocycles. The van der Waals surface area contributed by atoms with Crippen molar-refractivity contribution in [3.8, 4) is 0 Å². The van der Waals surface area contributed by atoms with E-state index in [9.17, 15) is 0 Å². The molecule has 8 rings (SSSR count). The molecule has 0 aromatic heterocycles. The minimum atomic E-state index is 0. The fraction of sp³-hybridized carbons (Fsp3) is 0. The Labute approximate surface area is 266 Å². The van der Waals surface area contributed by atoms with Gasteiger partial charge in [-0.15, -0.1) is 58.5 Å². The molecule has 0 heterocycles. The van der Waals surface area contributed by atoms with E-state index in [0.717, 1.165) is 0 Å². The van der Waals surface area contributed by atoms with Gasteiger partial charge in [0, 0.05) is 0 Å². The van der Waals surface area contributed by atoms with Crippen LogP contribution in [0.15, 0.2) is 133 Å². The molecule has 0 saturated carbocycles. The van der Waals surface area contributed by atoms with Gasteiger partial charge >= 0.3 is 30.2 Å². The average Bonchev–Trinajstić information content (AvgIpc) is 3.66. The molecular weight excluding hydrogens is 623 g/mol. The van der Waals surface area contributed by atoms with Crippen LogP contribution in [0.4, 0.5) is 0 Å². The van der Waals surface area contributed by atoms with Gasteiger partial charge < -0.3 is 14.9 Å². The van der Waals surface area contributed by atoms with E-state index in [-0.39, 0.29) is 39.7 Å². The molecule has 200 valence electrons. The van der Waals surface area contributed by atoms with Crippen molar-refractivity contribution in [1.82, 2.24) is 0 Å². The van der Waals surface area contributed by atoms with Crippen LogP contribution >= 0.6 is 24.8 Å². The minimum Gasteiger partial charge on any atom is -0.168 e. The standard InChI is InChI=1S/2C17H11.2CH3.2ClH.Si.Zr/c2*1-3-8-14-12(6-1)13-7-2-4-9-15(13)17-11-5-10-16(14)17;;;;;;/h2*1-11H;2*1H3;2*1H;;/q4*-1;;;;. The van der Waals surface area contributed by atoms with Gasteiger partial charge in [-0.1, -0.05) is 129 Å². The van der Waals surface area contributed by atoms with Gasteiger partial charge in [0.2, 0.25) is 0 Å². The fourth-order valence-corrected chi connectivity index (χ4v) is 5.59. The first-order chi connectivity index (χ1) is 17.9. The molecule has 0 atom stereocenters. The molecule has 0 saturated heterocycles. The Balaban J connectivity index is 0.000000241. The fourth-order valence-electron chi connectivity index (χ4n) is 5.59. The van der Waals surface area contributed by atoms with Crippen LogP contribution in [0.1, 0.15) is 0 Å². The van der Waals surface area contributed by atoms with Crippen molar-refractivity contribution in [1.29, 1.82) is 0 Å². The maximum Gasteiger partial charge on any atom is -0.0293 e.